The number of nitrogens with zero attached hydrogens (tertiary/aromatic N) is 1. The number of amides is 1. The first-order valence-electron chi connectivity index (χ1n) is 3.35. The molecule has 1 heterocycles. The molecule has 62 valence electrons. The first-order chi connectivity index (χ1) is 5.13. The maximum absolute atomic E-state index is 10.7. The number of carboxylic acid groups (broad SMARTS) is 1. The summed E-state index contributed by atoms with van der Waals surface area (Å²) in [6.07, 6.45) is 1.30. The van der Waals surface area contributed by atoms with Crippen LogP contribution in [0.3, 0.4) is 0 Å². The topological polar surface area (TPSA) is 57.6 Å². The van der Waals surface area contributed by atoms with Gasteiger partial charge in [0.2, 0.25) is 0 Å². The number of hydrogen-bond acceptors (Lipinski definition) is 2. The summed E-state index contributed by atoms with van der Waals surface area (Å²) in [5.41, 5.74) is 0. The van der Waals surface area contributed by atoms with Gasteiger partial charge in [-0.1, -0.05) is 12.6 Å². The van der Waals surface area contributed by atoms with Crippen molar-refractivity contribution in [1.29, 1.82) is 0 Å². The lowest BCUT2D eigenvalue weighted by molar-refractivity contribution is -0.141. The Kier molecular flexibility index (Phi) is 2.38. The van der Waals surface area contributed by atoms with Crippen molar-refractivity contribution in [2.45, 2.75) is 18.9 Å². The number of aliphatic carboxylic acids is 1. The predicted octanol–water partition coefficient (Wildman–Crippen LogP) is 0.585. The Morgan fingerprint density at radius 3 is 2.55 bits per heavy atom. The Morgan fingerprint density at radius 1 is 1.55 bits per heavy atom. The van der Waals surface area contributed by atoms with Crippen molar-refractivity contribution in [2.75, 3.05) is 6.54 Å². The Bertz CT molecular complexity index is 174. The Morgan fingerprint density at radius 2 is 2.18 bits per heavy atom. The summed E-state index contributed by atoms with van der Waals surface area (Å²) in [5.74, 6) is -0.940. The van der Waals surface area contributed by atoms with Crippen LogP contribution in [0.4, 0.5) is 4.79 Å². The average Bonchev–Trinajstić information content (AvgIpc) is 2.32. The molecule has 0 aliphatic carbocycles. The van der Waals surface area contributed by atoms with E-state index in [-0.39, 0.29) is 0 Å². The molecule has 0 saturated carbocycles. The fourth-order valence-electron chi connectivity index (χ4n) is 1.25. The predicted molar refractivity (Wildman–Crippen MR) is 41.7 cm³/mol. The zero-order valence-electron chi connectivity index (χ0n) is 5.86. The molecule has 1 unspecified atom stereocenters. The van der Waals surface area contributed by atoms with E-state index in [4.69, 9.17) is 5.11 Å². The van der Waals surface area contributed by atoms with Crippen LogP contribution < -0.4 is 0 Å². The van der Waals surface area contributed by atoms with Crippen molar-refractivity contribution < 1.29 is 14.7 Å². The number of carbonyl (C=O) groups excluding carboxylic acids is 1. The summed E-state index contributed by atoms with van der Waals surface area (Å²) in [7, 11) is 0. The van der Waals surface area contributed by atoms with Crippen molar-refractivity contribution in [3.63, 3.8) is 0 Å². The molecule has 0 spiro atoms. The van der Waals surface area contributed by atoms with Gasteiger partial charge in [0.15, 0.2) is 0 Å². The number of hydrogen-bond donors (Lipinski definition) is 2. The summed E-state index contributed by atoms with van der Waals surface area (Å²) >= 11 is 3.57. The highest BCUT2D eigenvalue weighted by atomic mass is 32.1. The second-order valence-corrected chi connectivity index (χ2v) is 2.85. The van der Waals surface area contributed by atoms with Crippen molar-refractivity contribution in [3.05, 3.63) is 0 Å². The standard InChI is InChI=1S/C6H9NO3S/c8-5(9)4-2-1-3-7(4)6(10)11/h4H,1-3H2,(H,8,9)(H,10,11). The average molecular weight is 175 g/mol. The summed E-state index contributed by atoms with van der Waals surface area (Å²) in [6.45, 7) is 0.513. The van der Waals surface area contributed by atoms with E-state index in [1.807, 2.05) is 0 Å². The van der Waals surface area contributed by atoms with E-state index in [1.54, 1.807) is 0 Å². The summed E-state index contributed by atoms with van der Waals surface area (Å²) in [6, 6.07) is -0.653. The number of carbonyl (C=O) groups is 2. The van der Waals surface area contributed by atoms with Gasteiger partial charge in [-0.25, -0.2) is 4.79 Å². The van der Waals surface area contributed by atoms with E-state index >= 15 is 0 Å². The van der Waals surface area contributed by atoms with Crippen molar-refractivity contribution in [2.24, 2.45) is 0 Å². The molecule has 5 heteroatoms. The molecule has 1 atom stereocenters. The molecule has 11 heavy (non-hydrogen) atoms. The molecule has 1 rings (SSSR count). The lowest BCUT2D eigenvalue weighted by atomic mass is 10.2. The second-order valence-electron chi connectivity index (χ2n) is 2.47. The Labute approximate surface area is 69.6 Å². The fraction of sp³-hybridized carbons (Fsp3) is 0.667. The van der Waals surface area contributed by atoms with Gasteiger partial charge in [0.25, 0.3) is 5.24 Å². The zero-order valence-corrected chi connectivity index (χ0v) is 6.75. The molecule has 1 saturated heterocycles. The lowest BCUT2D eigenvalue weighted by Gasteiger charge is -2.17. The van der Waals surface area contributed by atoms with Crippen molar-refractivity contribution in [1.82, 2.24) is 4.90 Å². The highest BCUT2D eigenvalue weighted by Crippen LogP contribution is 2.18. The molecule has 1 aliphatic rings. The molecule has 0 aromatic carbocycles. The van der Waals surface area contributed by atoms with Crippen LogP contribution in [-0.4, -0.2) is 33.8 Å². The van der Waals surface area contributed by atoms with Crippen LogP contribution in [0.5, 0.6) is 0 Å². The fourth-order valence-corrected chi connectivity index (χ4v) is 1.49. The van der Waals surface area contributed by atoms with E-state index in [1.165, 1.54) is 4.90 Å². The Hall–Kier alpha value is -0.710. The SMILES string of the molecule is O=C(O)C1CCCN1C(=O)S. The van der Waals surface area contributed by atoms with E-state index in [9.17, 15) is 9.59 Å². The minimum Gasteiger partial charge on any atom is -0.480 e. The Balaban J connectivity index is 2.65. The molecular formula is C6H9NO3S. The highest BCUT2D eigenvalue weighted by Gasteiger charge is 2.32. The molecule has 0 aromatic rings. The van der Waals surface area contributed by atoms with E-state index < -0.39 is 17.3 Å². The molecular weight excluding hydrogens is 166 g/mol. The second kappa shape index (κ2) is 3.13. The van der Waals surface area contributed by atoms with Gasteiger partial charge in [-0.05, 0) is 12.8 Å². The minimum absolute atomic E-state index is 0.449. The van der Waals surface area contributed by atoms with Crippen molar-refractivity contribution in [3.8, 4) is 0 Å². The number of rotatable bonds is 1. The normalized spacial score (nSPS) is 23.7. The summed E-state index contributed by atoms with van der Waals surface area (Å²) < 4.78 is 0. The van der Waals surface area contributed by atoms with Gasteiger partial charge in [-0.15, -0.1) is 0 Å². The first-order valence-corrected chi connectivity index (χ1v) is 3.80. The molecule has 1 fully saturated rings. The van der Waals surface area contributed by atoms with Crippen LogP contribution in [0, 0.1) is 0 Å². The summed E-state index contributed by atoms with van der Waals surface area (Å²) in [5, 5.41) is 8.16. The monoisotopic (exact) mass is 175 g/mol. The quantitative estimate of drug-likeness (QED) is 0.573. The van der Waals surface area contributed by atoms with Gasteiger partial charge in [0.1, 0.15) is 6.04 Å². The maximum atomic E-state index is 10.7. The van der Waals surface area contributed by atoms with Crippen molar-refractivity contribution >= 4 is 23.8 Å². The molecule has 0 aromatic heterocycles. The van der Waals surface area contributed by atoms with Gasteiger partial charge in [-0.2, -0.15) is 0 Å². The molecule has 1 aliphatic heterocycles. The van der Waals surface area contributed by atoms with Gasteiger partial charge < -0.3 is 10.0 Å². The van der Waals surface area contributed by atoms with Gasteiger partial charge in [0.05, 0.1) is 0 Å². The molecule has 1 amide bonds. The number of carboxylic acids is 1. The van der Waals surface area contributed by atoms with Crippen LogP contribution in [0.15, 0.2) is 0 Å². The molecule has 0 radical (unpaired) electrons. The highest BCUT2D eigenvalue weighted by molar-refractivity contribution is 7.96. The molecule has 0 bridgehead atoms. The summed E-state index contributed by atoms with van der Waals surface area (Å²) in [4.78, 5) is 22.4. The third-order valence-corrected chi connectivity index (χ3v) is 2.04. The van der Waals surface area contributed by atoms with E-state index in [0.717, 1.165) is 6.42 Å². The van der Waals surface area contributed by atoms with E-state index in [0.29, 0.717) is 13.0 Å². The maximum Gasteiger partial charge on any atom is 0.326 e. The van der Waals surface area contributed by atoms with Crippen LogP contribution in [0.2, 0.25) is 0 Å². The van der Waals surface area contributed by atoms with Gasteiger partial charge in [-0.3, -0.25) is 4.79 Å². The molecule has 4 nitrogen and oxygen atoms in total. The largest absolute Gasteiger partial charge is 0.480 e. The first kappa shape index (κ1) is 8.39. The molecule has 1 N–H and O–H groups in total. The number of thiol groups is 1. The van der Waals surface area contributed by atoms with E-state index in [2.05, 4.69) is 12.6 Å². The third-order valence-electron chi connectivity index (χ3n) is 1.78. The van der Waals surface area contributed by atoms with Crippen LogP contribution >= 0.6 is 12.6 Å². The van der Waals surface area contributed by atoms with Gasteiger partial charge in [0, 0.05) is 6.54 Å². The number of likely N-dealkylation sites (tertiary alicyclic amines) is 1. The van der Waals surface area contributed by atoms with Gasteiger partial charge >= 0.3 is 5.97 Å². The third kappa shape index (κ3) is 1.65. The van der Waals surface area contributed by atoms with Crippen LogP contribution in [-0.2, 0) is 4.79 Å². The van der Waals surface area contributed by atoms with Crippen LogP contribution in [0.25, 0.3) is 0 Å². The zero-order chi connectivity index (χ0) is 8.43. The lowest BCUT2D eigenvalue weighted by Crippen LogP contribution is -2.37. The smallest absolute Gasteiger partial charge is 0.326 e. The van der Waals surface area contributed by atoms with Crippen LogP contribution in [0.1, 0.15) is 12.8 Å². The minimum atomic E-state index is -0.940.